The molecule has 1 saturated heterocycles. The second-order valence-corrected chi connectivity index (χ2v) is 8.29. The number of halogens is 1. The van der Waals surface area contributed by atoms with Crippen LogP contribution in [-0.4, -0.2) is 73.4 Å². The molecular formula is C23H24FN11O2. The molecule has 0 saturated carbocycles. The molecule has 1 aromatic carbocycles. The van der Waals surface area contributed by atoms with Gasteiger partial charge in [-0.05, 0) is 12.1 Å². The van der Waals surface area contributed by atoms with E-state index in [9.17, 15) is 14.0 Å². The lowest BCUT2D eigenvalue weighted by atomic mass is 10.1. The van der Waals surface area contributed by atoms with Crippen molar-refractivity contribution < 1.29 is 14.0 Å². The van der Waals surface area contributed by atoms with Crippen molar-refractivity contribution in [1.82, 2.24) is 29.5 Å². The fourth-order valence-electron chi connectivity index (χ4n) is 4.29. The van der Waals surface area contributed by atoms with Crippen LogP contribution in [0.1, 0.15) is 10.4 Å². The van der Waals surface area contributed by atoms with Gasteiger partial charge in [-0.15, -0.1) is 5.10 Å². The maximum atomic E-state index is 14.8. The number of carbonyl (C=O) groups is 2. The van der Waals surface area contributed by atoms with E-state index in [-0.39, 0.29) is 41.2 Å². The first kappa shape index (κ1) is 23.7. The maximum absolute atomic E-state index is 14.8. The van der Waals surface area contributed by atoms with Crippen LogP contribution < -0.4 is 22.4 Å². The summed E-state index contributed by atoms with van der Waals surface area (Å²) in [5, 5.41) is 9.20. The summed E-state index contributed by atoms with van der Waals surface area (Å²) < 4.78 is 16.1. The van der Waals surface area contributed by atoms with Crippen molar-refractivity contribution in [3.63, 3.8) is 0 Å². The Morgan fingerprint density at radius 1 is 1.08 bits per heavy atom. The summed E-state index contributed by atoms with van der Waals surface area (Å²) in [6.45, 7) is 1.11. The molecule has 5 rings (SSSR count). The number of aromatic amines is 1. The van der Waals surface area contributed by atoms with E-state index >= 15 is 0 Å². The summed E-state index contributed by atoms with van der Waals surface area (Å²) >= 11 is 0. The van der Waals surface area contributed by atoms with Gasteiger partial charge in [0.15, 0.2) is 11.6 Å². The molecule has 4 aromatic rings. The number of Topliss-reactive ketones (excluding diaryl/α,β-unsaturated/α-hetero) is 1. The number of ketones is 1. The predicted molar refractivity (Wildman–Crippen MR) is 135 cm³/mol. The molecule has 13 nitrogen and oxygen atoms in total. The Hall–Kier alpha value is -4.98. The zero-order valence-electron chi connectivity index (χ0n) is 19.6. The van der Waals surface area contributed by atoms with Crippen LogP contribution in [-0.2, 0) is 4.79 Å². The number of H-pyrrole nitrogens is 1. The van der Waals surface area contributed by atoms with Crippen LogP contribution in [0.2, 0.25) is 0 Å². The van der Waals surface area contributed by atoms with E-state index in [1.807, 2.05) is 35.2 Å². The number of fused-ring (bicyclic) bond motifs is 1. The molecule has 0 unspecified atom stereocenters. The second-order valence-electron chi connectivity index (χ2n) is 8.29. The van der Waals surface area contributed by atoms with Crippen LogP contribution in [0.15, 0.2) is 60.1 Å². The highest BCUT2D eigenvalue weighted by molar-refractivity contribution is 6.45. The molecule has 0 aliphatic carbocycles. The van der Waals surface area contributed by atoms with E-state index in [2.05, 4.69) is 20.2 Å². The van der Waals surface area contributed by atoms with Crippen LogP contribution in [0.5, 0.6) is 0 Å². The number of nitrogens with one attached hydrogen (secondary N) is 1. The van der Waals surface area contributed by atoms with Crippen molar-refractivity contribution in [3.8, 4) is 5.82 Å². The number of nitrogen functional groups attached to an aromatic ring is 1. The van der Waals surface area contributed by atoms with Crippen molar-refractivity contribution in [3.05, 3.63) is 66.4 Å². The van der Waals surface area contributed by atoms with Gasteiger partial charge >= 0.3 is 0 Å². The van der Waals surface area contributed by atoms with Gasteiger partial charge in [0.05, 0.1) is 34.5 Å². The molecule has 37 heavy (non-hydrogen) atoms. The molecule has 4 heterocycles. The second kappa shape index (κ2) is 9.58. The van der Waals surface area contributed by atoms with Crippen LogP contribution in [0.25, 0.3) is 16.7 Å². The summed E-state index contributed by atoms with van der Waals surface area (Å²) in [6.07, 6.45) is 3.72. The topological polar surface area (TPSA) is 181 Å². The quantitative estimate of drug-likeness (QED) is 0.0762. The number of nitrogens with zero attached hydrogens (tertiary/aromatic N) is 7. The number of rotatable bonds is 4. The smallest absolute Gasteiger partial charge is 0.295 e. The van der Waals surface area contributed by atoms with E-state index in [4.69, 9.17) is 17.4 Å². The fraction of sp³-hybridized carbons (Fsp3) is 0.174. The number of benzene rings is 1. The number of amides is 1. The molecule has 190 valence electrons. The van der Waals surface area contributed by atoms with Crippen LogP contribution in [0, 0.1) is 5.82 Å². The Balaban J connectivity index is 1.33. The monoisotopic (exact) mass is 505 g/mol. The van der Waals surface area contributed by atoms with Gasteiger partial charge in [0.2, 0.25) is 5.96 Å². The first-order chi connectivity index (χ1) is 17.9. The Morgan fingerprint density at radius 2 is 1.78 bits per heavy atom. The highest BCUT2D eigenvalue weighted by atomic mass is 19.1. The highest BCUT2D eigenvalue weighted by Gasteiger charge is 2.31. The molecule has 1 aliphatic rings. The van der Waals surface area contributed by atoms with Crippen LogP contribution in [0.3, 0.4) is 0 Å². The maximum Gasteiger partial charge on any atom is 0.295 e. The number of hydrazine groups is 1. The number of pyridine rings is 1. The third-order valence-corrected chi connectivity index (χ3v) is 6.17. The van der Waals surface area contributed by atoms with E-state index in [0.29, 0.717) is 24.7 Å². The molecule has 14 heteroatoms. The Bertz CT molecular complexity index is 1490. The van der Waals surface area contributed by atoms with E-state index < -0.39 is 17.5 Å². The number of hydrogen-bond acceptors (Lipinski definition) is 8. The molecule has 1 amide bonds. The van der Waals surface area contributed by atoms with Gasteiger partial charge in [-0.1, -0.05) is 18.2 Å². The Kier molecular flexibility index (Phi) is 6.15. The third kappa shape index (κ3) is 4.18. The zero-order chi connectivity index (χ0) is 26.1. The summed E-state index contributed by atoms with van der Waals surface area (Å²) in [5.74, 6) is 10.3. The minimum absolute atomic E-state index is 0.0592. The zero-order valence-corrected chi connectivity index (χ0v) is 19.6. The predicted octanol–water partition coefficient (Wildman–Crippen LogP) is 0.407. The molecule has 0 radical (unpaired) electrons. The lowest BCUT2D eigenvalue weighted by Gasteiger charge is -2.38. The number of hydrogen-bond donors (Lipinski definition) is 4. The largest absolute Gasteiger partial charge is 0.384 e. The average molecular weight is 506 g/mol. The van der Waals surface area contributed by atoms with E-state index in [1.165, 1.54) is 27.0 Å². The first-order valence-electron chi connectivity index (χ1n) is 11.3. The lowest BCUT2D eigenvalue weighted by molar-refractivity contribution is -0.127. The van der Waals surface area contributed by atoms with Crippen molar-refractivity contribution in [2.45, 2.75) is 0 Å². The van der Waals surface area contributed by atoms with Gasteiger partial charge in [0, 0.05) is 38.4 Å². The number of piperazine rings is 1. The molecule has 3 aromatic heterocycles. The average Bonchev–Trinajstić information content (AvgIpc) is 3.57. The van der Waals surface area contributed by atoms with E-state index in [0.717, 1.165) is 6.20 Å². The standard InChI is InChI=1S/C23H24FN11O2/c24-16-13-29-21(35-17(25)6-7-30-35)19-18(16)15(12-28-19)20(36)22(37)32-8-10-33(11-9-32)23(31-26)34(27)14-4-2-1-3-5-14/h1-7,12-13,28H,8-11,25-27H2/b31-23-. The number of para-hydroxylation sites is 1. The number of hydrazone groups is 1. The van der Waals surface area contributed by atoms with E-state index in [1.54, 1.807) is 6.07 Å². The summed E-state index contributed by atoms with van der Waals surface area (Å²) in [7, 11) is 0. The van der Waals surface area contributed by atoms with Crippen molar-refractivity contribution in [1.29, 1.82) is 0 Å². The molecule has 0 spiro atoms. The molecule has 1 aliphatic heterocycles. The Morgan fingerprint density at radius 3 is 2.43 bits per heavy atom. The molecule has 0 atom stereocenters. The van der Waals surface area contributed by atoms with Crippen molar-refractivity contribution in [2.75, 3.05) is 36.9 Å². The summed E-state index contributed by atoms with van der Waals surface area (Å²) in [4.78, 5) is 36.4. The van der Waals surface area contributed by atoms with Crippen LogP contribution >= 0.6 is 0 Å². The first-order valence-corrected chi connectivity index (χ1v) is 11.3. The number of carbonyl (C=O) groups excluding carboxylic acids is 2. The van der Waals surface area contributed by atoms with Gasteiger partial charge in [0.25, 0.3) is 11.7 Å². The van der Waals surface area contributed by atoms with Gasteiger partial charge in [-0.2, -0.15) is 9.78 Å². The molecule has 1 fully saturated rings. The number of anilines is 2. The Labute approximate surface area is 209 Å². The number of nitrogens with two attached hydrogens (primary N) is 3. The molecule has 7 N–H and O–H groups in total. The van der Waals surface area contributed by atoms with Crippen molar-refractivity contribution in [2.24, 2.45) is 16.8 Å². The normalized spacial score (nSPS) is 14.3. The molecular weight excluding hydrogens is 481 g/mol. The molecule has 0 bridgehead atoms. The SMILES string of the molecule is N/N=C(/N1CCN(C(=O)C(=O)c2c[nH]c3c(-n4nccc4N)ncc(F)c23)CC1)N(N)c1ccccc1. The van der Waals surface area contributed by atoms with Gasteiger partial charge in [0.1, 0.15) is 5.82 Å². The van der Waals surface area contributed by atoms with Crippen LogP contribution in [0.4, 0.5) is 15.9 Å². The number of aromatic nitrogens is 4. The number of guanidine groups is 1. The minimum atomic E-state index is -0.846. The highest BCUT2D eigenvalue weighted by Crippen LogP contribution is 2.27. The van der Waals surface area contributed by atoms with Gasteiger partial charge in [-0.25, -0.2) is 20.2 Å². The fourth-order valence-corrected chi connectivity index (χ4v) is 4.29. The van der Waals surface area contributed by atoms with Crippen molar-refractivity contribution >= 4 is 40.1 Å². The van der Waals surface area contributed by atoms with Gasteiger partial charge in [-0.3, -0.25) is 9.59 Å². The lowest BCUT2D eigenvalue weighted by Crippen LogP contribution is -2.57. The van der Waals surface area contributed by atoms with Gasteiger partial charge < -0.3 is 26.4 Å². The summed E-state index contributed by atoms with van der Waals surface area (Å²) in [6, 6.07) is 10.7. The summed E-state index contributed by atoms with van der Waals surface area (Å²) in [5.41, 5.74) is 6.69. The minimum Gasteiger partial charge on any atom is -0.384 e. The third-order valence-electron chi connectivity index (χ3n) is 6.17.